The molecule has 3 N–H and O–H groups in total. The molecule has 0 atom stereocenters. The van der Waals surface area contributed by atoms with Gasteiger partial charge in [-0.15, -0.1) is 0 Å². The van der Waals surface area contributed by atoms with Crippen molar-refractivity contribution in [1.29, 1.82) is 0 Å². The molecule has 8 heavy (non-hydrogen) atoms. The van der Waals surface area contributed by atoms with Crippen LogP contribution in [0.3, 0.4) is 0 Å². The average Bonchev–Trinajstić information content (AvgIpc) is 1.27. The van der Waals surface area contributed by atoms with E-state index in [1.54, 1.807) is 6.66 Å². The molecule has 0 fully saturated rings. The van der Waals surface area contributed by atoms with E-state index in [2.05, 4.69) is 0 Å². The molecular weight excluding hydrogens is 155 g/mol. The second kappa shape index (κ2) is 5.40. The summed E-state index contributed by atoms with van der Waals surface area (Å²) in [5.74, 6) is 0. The van der Waals surface area contributed by atoms with Crippen molar-refractivity contribution in [3.05, 3.63) is 0 Å². The SMILES string of the molecule is C[P]O.O=S(=O)(O)O. The molecule has 0 aliphatic rings. The predicted molar refractivity (Wildman–Crippen MR) is 29.2 cm³/mol. The van der Waals surface area contributed by atoms with Crippen LogP contribution in [0.4, 0.5) is 0 Å². The molecule has 0 saturated heterocycles. The monoisotopic (exact) mass is 161 g/mol. The van der Waals surface area contributed by atoms with Gasteiger partial charge in [-0.3, -0.25) is 9.11 Å². The molecule has 0 aromatic heterocycles. The normalized spacial score (nSPS) is 11.0. The Labute approximate surface area is 49.2 Å². The molecule has 0 unspecified atom stereocenters. The second-order valence-electron chi connectivity index (χ2n) is 0.648. The molecule has 0 aromatic rings. The van der Waals surface area contributed by atoms with Gasteiger partial charge in [0.05, 0.1) is 8.81 Å². The van der Waals surface area contributed by atoms with Crippen molar-refractivity contribution < 1.29 is 22.4 Å². The lowest BCUT2D eigenvalue weighted by Crippen LogP contribution is -1.89. The fourth-order valence-corrected chi connectivity index (χ4v) is 0. The van der Waals surface area contributed by atoms with Crippen molar-refractivity contribution >= 4 is 19.2 Å². The maximum atomic E-state index is 8.74. The van der Waals surface area contributed by atoms with Crippen molar-refractivity contribution in [2.75, 3.05) is 6.66 Å². The first-order chi connectivity index (χ1) is 3.41. The molecule has 0 aliphatic carbocycles. The Kier molecular flexibility index (Phi) is 7.50. The molecular formula is CH6O5PS. The molecule has 0 aromatic carbocycles. The third kappa shape index (κ3) is 2560. The van der Waals surface area contributed by atoms with E-state index < -0.39 is 10.4 Å². The third-order valence-corrected chi connectivity index (χ3v) is 0. The molecule has 0 aliphatic heterocycles. The Balaban J connectivity index is 0. The van der Waals surface area contributed by atoms with Gasteiger partial charge >= 0.3 is 10.4 Å². The van der Waals surface area contributed by atoms with Crippen LogP contribution >= 0.6 is 8.81 Å². The summed E-state index contributed by atoms with van der Waals surface area (Å²) in [5, 5.41) is 0. The first-order valence-corrected chi connectivity index (χ1v) is 4.04. The van der Waals surface area contributed by atoms with Gasteiger partial charge in [-0.25, -0.2) is 0 Å². The van der Waals surface area contributed by atoms with E-state index in [0.717, 1.165) is 0 Å². The van der Waals surface area contributed by atoms with Crippen molar-refractivity contribution in [2.45, 2.75) is 0 Å². The summed E-state index contributed by atoms with van der Waals surface area (Å²) in [4.78, 5) is 7.54. The van der Waals surface area contributed by atoms with Crippen LogP contribution in [0.15, 0.2) is 0 Å². The molecule has 0 rings (SSSR count). The highest BCUT2D eigenvalue weighted by molar-refractivity contribution is 7.79. The molecule has 7 heteroatoms. The van der Waals surface area contributed by atoms with Crippen LogP contribution in [-0.4, -0.2) is 29.1 Å². The van der Waals surface area contributed by atoms with E-state index in [1.165, 1.54) is 0 Å². The highest BCUT2D eigenvalue weighted by Gasteiger charge is 1.84. The van der Waals surface area contributed by atoms with Crippen LogP contribution in [0, 0.1) is 0 Å². The summed E-state index contributed by atoms with van der Waals surface area (Å²) in [7, 11) is -4.25. The molecule has 5 nitrogen and oxygen atoms in total. The van der Waals surface area contributed by atoms with Crippen LogP contribution in [-0.2, 0) is 10.4 Å². The fourth-order valence-electron chi connectivity index (χ4n) is 0. The predicted octanol–water partition coefficient (Wildman–Crippen LogP) is -0.183. The lowest BCUT2D eigenvalue weighted by Gasteiger charge is -1.68. The van der Waals surface area contributed by atoms with Gasteiger partial charge in [0.1, 0.15) is 0 Å². The standard InChI is InChI=1S/CH4OP.H2O4S/c1-3-2;1-5(2,3)4/h2H,1H3;(H2,1,2,3,4). The summed E-state index contributed by atoms with van der Waals surface area (Å²) >= 11 is 0. The van der Waals surface area contributed by atoms with E-state index >= 15 is 0 Å². The topological polar surface area (TPSA) is 94.8 Å². The van der Waals surface area contributed by atoms with Crippen LogP contribution in [0.2, 0.25) is 0 Å². The van der Waals surface area contributed by atoms with Crippen LogP contribution in [0.1, 0.15) is 0 Å². The molecule has 0 heterocycles. The third-order valence-electron chi connectivity index (χ3n) is 0. The van der Waals surface area contributed by atoms with Gasteiger partial charge in [0.25, 0.3) is 0 Å². The van der Waals surface area contributed by atoms with E-state index in [9.17, 15) is 0 Å². The summed E-state index contributed by atoms with van der Waals surface area (Å²) in [6.07, 6.45) is 0. The van der Waals surface area contributed by atoms with Gasteiger partial charge in [-0.1, -0.05) is 0 Å². The lowest BCUT2D eigenvalue weighted by atomic mass is 12.0. The average molecular weight is 161 g/mol. The Morgan fingerprint density at radius 3 is 1.38 bits per heavy atom. The van der Waals surface area contributed by atoms with Crippen LogP contribution in [0.5, 0.6) is 0 Å². The highest BCUT2D eigenvalue weighted by atomic mass is 32.3. The number of rotatable bonds is 0. The molecule has 0 bridgehead atoms. The maximum absolute atomic E-state index is 8.74. The van der Waals surface area contributed by atoms with Gasteiger partial charge in [0, 0.05) is 0 Å². The Morgan fingerprint density at radius 1 is 1.38 bits per heavy atom. The number of hydrogen-bond acceptors (Lipinski definition) is 3. The quantitative estimate of drug-likeness (QED) is 0.338. The maximum Gasteiger partial charge on any atom is 0.394 e. The Hall–Kier alpha value is 0.260. The zero-order valence-corrected chi connectivity index (χ0v) is 5.72. The van der Waals surface area contributed by atoms with Crippen LogP contribution in [0.25, 0.3) is 0 Å². The molecule has 1 radical (unpaired) electrons. The van der Waals surface area contributed by atoms with Crippen molar-refractivity contribution in [1.82, 2.24) is 0 Å². The lowest BCUT2D eigenvalue weighted by molar-refractivity contribution is 0.381. The van der Waals surface area contributed by atoms with E-state index in [-0.39, 0.29) is 0 Å². The van der Waals surface area contributed by atoms with Gasteiger partial charge in [0.15, 0.2) is 0 Å². The largest absolute Gasteiger partial charge is 0.394 e. The summed E-state index contributed by atoms with van der Waals surface area (Å²) < 4.78 is 31.6. The number of hydrogen-bond donors (Lipinski definition) is 3. The van der Waals surface area contributed by atoms with Crippen LogP contribution < -0.4 is 0 Å². The molecule has 0 amide bonds. The Morgan fingerprint density at radius 2 is 1.38 bits per heavy atom. The van der Waals surface area contributed by atoms with Gasteiger partial charge in [-0.2, -0.15) is 8.42 Å². The second-order valence-corrected chi connectivity index (χ2v) is 1.94. The van der Waals surface area contributed by atoms with E-state index in [0.29, 0.717) is 8.81 Å². The van der Waals surface area contributed by atoms with E-state index in [1.807, 2.05) is 0 Å². The highest BCUT2D eigenvalue weighted by Crippen LogP contribution is 1.83. The minimum atomic E-state index is -4.67. The summed E-state index contributed by atoms with van der Waals surface area (Å²) in [5.41, 5.74) is 0. The first kappa shape index (κ1) is 11.1. The van der Waals surface area contributed by atoms with Crippen molar-refractivity contribution in [3.63, 3.8) is 0 Å². The fraction of sp³-hybridized carbons (Fsp3) is 1.00. The van der Waals surface area contributed by atoms with Crippen molar-refractivity contribution in [2.24, 2.45) is 0 Å². The minimum Gasteiger partial charge on any atom is -0.367 e. The Bertz CT molecular complexity index is 106. The van der Waals surface area contributed by atoms with Crippen molar-refractivity contribution in [3.8, 4) is 0 Å². The molecule has 51 valence electrons. The molecule has 0 saturated carbocycles. The van der Waals surface area contributed by atoms with Gasteiger partial charge in [0.2, 0.25) is 0 Å². The summed E-state index contributed by atoms with van der Waals surface area (Å²) in [6.45, 7) is 1.65. The summed E-state index contributed by atoms with van der Waals surface area (Å²) in [6, 6.07) is 0. The van der Waals surface area contributed by atoms with Gasteiger partial charge in [-0.05, 0) is 6.66 Å². The zero-order valence-electron chi connectivity index (χ0n) is 4.01. The van der Waals surface area contributed by atoms with Gasteiger partial charge < -0.3 is 4.89 Å². The minimum absolute atomic E-state index is 0.417. The zero-order chi connectivity index (χ0) is 7.21. The smallest absolute Gasteiger partial charge is 0.367 e. The van der Waals surface area contributed by atoms with E-state index in [4.69, 9.17) is 22.4 Å². The molecule has 0 spiro atoms. The first-order valence-electron chi connectivity index (χ1n) is 1.35.